The highest BCUT2D eigenvalue weighted by molar-refractivity contribution is 5.35. The summed E-state index contributed by atoms with van der Waals surface area (Å²) >= 11 is 0. The fourth-order valence-electron chi connectivity index (χ4n) is 3.73. The quantitative estimate of drug-likeness (QED) is 0.799. The topological polar surface area (TPSA) is 35.5 Å². The minimum Gasteiger partial charge on any atom is -0.508 e. The zero-order valence-corrected chi connectivity index (χ0v) is 11.0. The van der Waals surface area contributed by atoms with E-state index in [1.807, 2.05) is 12.1 Å². The molecule has 1 aromatic carbocycles. The number of phenolic OH excluding ortho intramolecular Hbond substituents is 1. The van der Waals surface area contributed by atoms with Crippen LogP contribution in [0.1, 0.15) is 37.7 Å². The first-order valence-corrected chi connectivity index (χ1v) is 6.97. The molecule has 2 fully saturated rings. The molecule has 2 atom stereocenters. The minimum absolute atomic E-state index is 0.226. The predicted octanol–water partition coefficient (Wildman–Crippen LogP) is 2.41. The summed E-state index contributed by atoms with van der Waals surface area (Å²) in [5.74, 6) is 0.394. The number of phenols is 1. The number of hydrogen-bond acceptors (Lipinski definition) is 3. The molecule has 3 heteroatoms. The van der Waals surface area contributed by atoms with Crippen molar-refractivity contribution >= 4 is 0 Å². The Morgan fingerprint density at radius 3 is 3.06 bits per heavy atom. The van der Waals surface area contributed by atoms with Crippen LogP contribution in [0.5, 0.6) is 5.75 Å². The van der Waals surface area contributed by atoms with Crippen LogP contribution in [0.15, 0.2) is 24.3 Å². The average molecular weight is 246 g/mol. The monoisotopic (exact) mass is 246 g/mol. The highest BCUT2D eigenvalue weighted by atomic mass is 16.3. The van der Waals surface area contributed by atoms with Gasteiger partial charge in [-0.3, -0.25) is 5.43 Å². The number of fused-ring (bicyclic) bond motifs is 1. The Kier molecular flexibility index (Phi) is 3.04. The van der Waals surface area contributed by atoms with E-state index in [1.165, 1.54) is 37.7 Å². The number of nitrogens with zero attached hydrogens (tertiary/aromatic N) is 1. The van der Waals surface area contributed by atoms with Gasteiger partial charge < -0.3 is 5.11 Å². The summed E-state index contributed by atoms with van der Waals surface area (Å²) in [5, 5.41) is 12.0. The van der Waals surface area contributed by atoms with Crippen molar-refractivity contribution in [3.05, 3.63) is 29.8 Å². The maximum atomic E-state index is 9.75. The van der Waals surface area contributed by atoms with Crippen molar-refractivity contribution in [2.75, 3.05) is 13.6 Å². The lowest BCUT2D eigenvalue weighted by atomic mass is 9.63. The largest absolute Gasteiger partial charge is 0.508 e. The first-order valence-electron chi connectivity index (χ1n) is 6.97. The summed E-state index contributed by atoms with van der Waals surface area (Å²) in [6.07, 6.45) is 6.27. The van der Waals surface area contributed by atoms with E-state index < -0.39 is 0 Å². The summed E-state index contributed by atoms with van der Waals surface area (Å²) in [6.45, 7) is 1.08. The summed E-state index contributed by atoms with van der Waals surface area (Å²) in [5.41, 5.74) is 5.17. The molecule has 2 N–H and O–H groups in total. The van der Waals surface area contributed by atoms with Gasteiger partial charge in [0.05, 0.1) is 0 Å². The van der Waals surface area contributed by atoms with Gasteiger partial charge in [0.15, 0.2) is 0 Å². The van der Waals surface area contributed by atoms with Crippen molar-refractivity contribution in [3.63, 3.8) is 0 Å². The van der Waals surface area contributed by atoms with Crippen molar-refractivity contribution in [1.29, 1.82) is 0 Å². The van der Waals surface area contributed by atoms with Crippen LogP contribution in [-0.2, 0) is 5.41 Å². The molecule has 0 radical (unpaired) electrons. The van der Waals surface area contributed by atoms with E-state index in [4.69, 9.17) is 0 Å². The summed E-state index contributed by atoms with van der Waals surface area (Å²) in [6, 6.07) is 8.41. The molecule has 1 aromatic rings. The van der Waals surface area contributed by atoms with E-state index in [1.54, 1.807) is 6.07 Å². The Morgan fingerprint density at radius 1 is 1.33 bits per heavy atom. The normalized spacial score (nSPS) is 33.1. The molecule has 0 bridgehead atoms. The summed E-state index contributed by atoms with van der Waals surface area (Å²) < 4.78 is 0. The van der Waals surface area contributed by atoms with Gasteiger partial charge in [-0.25, -0.2) is 5.01 Å². The summed E-state index contributed by atoms with van der Waals surface area (Å²) in [7, 11) is 2.13. The molecule has 1 saturated carbocycles. The van der Waals surface area contributed by atoms with Gasteiger partial charge in [-0.2, -0.15) is 0 Å². The molecular formula is C15H22N2O. The molecule has 1 heterocycles. The molecule has 0 amide bonds. The van der Waals surface area contributed by atoms with Crippen LogP contribution in [0, 0.1) is 0 Å². The zero-order valence-electron chi connectivity index (χ0n) is 11.0. The molecule has 1 aliphatic heterocycles. The van der Waals surface area contributed by atoms with Crippen LogP contribution < -0.4 is 5.43 Å². The third kappa shape index (κ3) is 1.91. The van der Waals surface area contributed by atoms with E-state index in [9.17, 15) is 5.11 Å². The molecule has 2 unspecified atom stereocenters. The van der Waals surface area contributed by atoms with Crippen molar-refractivity contribution < 1.29 is 5.11 Å². The molecule has 0 spiro atoms. The molecule has 0 aromatic heterocycles. The van der Waals surface area contributed by atoms with E-state index in [0.717, 1.165) is 6.54 Å². The molecule has 1 saturated heterocycles. The molecule has 2 aliphatic rings. The van der Waals surface area contributed by atoms with E-state index in [-0.39, 0.29) is 5.41 Å². The molecule has 18 heavy (non-hydrogen) atoms. The van der Waals surface area contributed by atoms with Gasteiger partial charge in [-0.15, -0.1) is 0 Å². The molecular weight excluding hydrogens is 224 g/mol. The fraction of sp³-hybridized carbons (Fsp3) is 0.600. The first-order chi connectivity index (χ1) is 8.71. The zero-order chi connectivity index (χ0) is 12.6. The lowest BCUT2D eigenvalue weighted by molar-refractivity contribution is 0.0466. The lowest BCUT2D eigenvalue weighted by Crippen LogP contribution is -2.60. The van der Waals surface area contributed by atoms with Gasteiger partial charge in [0, 0.05) is 25.0 Å². The van der Waals surface area contributed by atoms with Gasteiger partial charge in [-0.1, -0.05) is 25.0 Å². The average Bonchev–Trinajstić information content (AvgIpc) is 2.38. The third-order valence-electron chi connectivity index (χ3n) is 4.72. The van der Waals surface area contributed by atoms with E-state index in [0.29, 0.717) is 11.8 Å². The SMILES string of the molecule is CN1CCC2(c3cccc(O)c3)CCCCC2N1. The van der Waals surface area contributed by atoms with Crippen LogP contribution in [-0.4, -0.2) is 29.7 Å². The Hall–Kier alpha value is -1.06. The first kappa shape index (κ1) is 12.0. The van der Waals surface area contributed by atoms with Crippen molar-refractivity contribution in [3.8, 4) is 5.75 Å². The Labute approximate surface area is 109 Å². The molecule has 98 valence electrons. The van der Waals surface area contributed by atoms with Gasteiger partial charge in [-0.05, 0) is 37.0 Å². The molecule has 3 rings (SSSR count). The number of rotatable bonds is 1. The number of nitrogens with one attached hydrogen (secondary N) is 1. The van der Waals surface area contributed by atoms with Gasteiger partial charge >= 0.3 is 0 Å². The number of hydrazine groups is 1. The van der Waals surface area contributed by atoms with Crippen molar-refractivity contribution in [1.82, 2.24) is 10.4 Å². The van der Waals surface area contributed by atoms with Crippen molar-refractivity contribution in [2.24, 2.45) is 0 Å². The molecule has 1 aliphatic carbocycles. The smallest absolute Gasteiger partial charge is 0.115 e. The van der Waals surface area contributed by atoms with Crippen LogP contribution in [0.4, 0.5) is 0 Å². The van der Waals surface area contributed by atoms with E-state index in [2.05, 4.69) is 23.5 Å². The minimum atomic E-state index is 0.226. The summed E-state index contributed by atoms with van der Waals surface area (Å²) in [4.78, 5) is 0. The fourth-order valence-corrected chi connectivity index (χ4v) is 3.73. The highest BCUT2D eigenvalue weighted by Gasteiger charge is 2.44. The van der Waals surface area contributed by atoms with E-state index >= 15 is 0 Å². The van der Waals surface area contributed by atoms with Crippen LogP contribution in [0.3, 0.4) is 0 Å². The second-order valence-corrected chi connectivity index (χ2v) is 5.81. The second kappa shape index (κ2) is 4.56. The number of aromatic hydroxyl groups is 1. The number of hydrogen-bond donors (Lipinski definition) is 2. The standard InChI is InChI=1S/C15H22N2O/c1-17-10-9-15(8-3-2-7-14(15)16-17)12-5-4-6-13(18)11-12/h4-6,11,14,16,18H,2-3,7-10H2,1H3. The third-order valence-corrected chi connectivity index (χ3v) is 4.72. The van der Waals surface area contributed by atoms with Crippen molar-refractivity contribution in [2.45, 2.75) is 43.6 Å². The van der Waals surface area contributed by atoms with Crippen LogP contribution in [0.25, 0.3) is 0 Å². The maximum absolute atomic E-state index is 9.75. The second-order valence-electron chi connectivity index (χ2n) is 5.81. The Bertz CT molecular complexity index is 434. The lowest BCUT2D eigenvalue weighted by Gasteiger charge is -2.51. The van der Waals surface area contributed by atoms with Crippen LogP contribution >= 0.6 is 0 Å². The van der Waals surface area contributed by atoms with Crippen LogP contribution in [0.2, 0.25) is 0 Å². The van der Waals surface area contributed by atoms with Gasteiger partial charge in [0.2, 0.25) is 0 Å². The predicted molar refractivity (Wildman–Crippen MR) is 72.4 cm³/mol. The number of benzene rings is 1. The Balaban J connectivity index is 1.99. The van der Waals surface area contributed by atoms with Gasteiger partial charge in [0.1, 0.15) is 5.75 Å². The highest BCUT2D eigenvalue weighted by Crippen LogP contribution is 2.44. The molecule has 3 nitrogen and oxygen atoms in total. The Morgan fingerprint density at radius 2 is 2.22 bits per heavy atom. The van der Waals surface area contributed by atoms with Gasteiger partial charge in [0.25, 0.3) is 0 Å². The maximum Gasteiger partial charge on any atom is 0.115 e.